The zero-order chi connectivity index (χ0) is 15.5. The van der Waals surface area contributed by atoms with E-state index in [0.29, 0.717) is 28.0 Å². The van der Waals surface area contributed by atoms with Crippen LogP contribution in [0, 0.1) is 0 Å². The third kappa shape index (κ3) is 3.29. The first-order valence-electron chi connectivity index (χ1n) is 6.74. The number of benzene rings is 2. The van der Waals surface area contributed by atoms with Gasteiger partial charge in [-0.05, 0) is 36.4 Å². The average Bonchev–Trinajstić information content (AvgIpc) is 2.88. The van der Waals surface area contributed by atoms with E-state index in [9.17, 15) is 4.79 Å². The van der Waals surface area contributed by atoms with E-state index in [-0.39, 0.29) is 12.7 Å². The van der Waals surface area contributed by atoms with Gasteiger partial charge in [0, 0.05) is 5.02 Å². The molecule has 0 saturated carbocycles. The van der Waals surface area contributed by atoms with Gasteiger partial charge < -0.3 is 9.47 Å². The van der Waals surface area contributed by atoms with Crippen molar-refractivity contribution < 1.29 is 14.3 Å². The molecule has 6 heteroatoms. The van der Waals surface area contributed by atoms with Crippen LogP contribution in [0.1, 0.15) is 0 Å². The minimum Gasteiger partial charge on any atom is -0.490 e. The SMILES string of the molecule is O=C1OC(COc2ccc(Cl)cc2)CN1c1ccccc1Cl. The second-order valence-corrected chi connectivity index (χ2v) is 5.68. The van der Waals surface area contributed by atoms with Gasteiger partial charge >= 0.3 is 6.09 Å². The molecule has 1 saturated heterocycles. The van der Waals surface area contributed by atoms with E-state index in [1.54, 1.807) is 36.4 Å². The van der Waals surface area contributed by atoms with Gasteiger partial charge in [-0.25, -0.2) is 4.79 Å². The number of carbonyl (C=O) groups is 1. The van der Waals surface area contributed by atoms with Crippen LogP contribution in [-0.4, -0.2) is 25.3 Å². The monoisotopic (exact) mass is 337 g/mol. The largest absolute Gasteiger partial charge is 0.490 e. The Morgan fingerprint density at radius 2 is 1.86 bits per heavy atom. The molecule has 0 aromatic heterocycles. The molecule has 1 fully saturated rings. The highest BCUT2D eigenvalue weighted by atomic mass is 35.5. The number of cyclic esters (lactones) is 1. The molecule has 1 heterocycles. The fourth-order valence-electron chi connectivity index (χ4n) is 2.20. The van der Waals surface area contributed by atoms with Crippen LogP contribution in [0.4, 0.5) is 10.5 Å². The van der Waals surface area contributed by atoms with Gasteiger partial charge in [-0.15, -0.1) is 0 Å². The Balaban J connectivity index is 1.62. The molecule has 4 nitrogen and oxygen atoms in total. The predicted molar refractivity (Wildman–Crippen MR) is 86.0 cm³/mol. The van der Waals surface area contributed by atoms with Crippen LogP contribution in [0.2, 0.25) is 10.0 Å². The number of rotatable bonds is 4. The predicted octanol–water partition coefficient (Wildman–Crippen LogP) is 4.40. The molecular weight excluding hydrogens is 325 g/mol. The van der Waals surface area contributed by atoms with E-state index < -0.39 is 6.09 Å². The zero-order valence-electron chi connectivity index (χ0n) is 11.5. The fraction of sp³-hybridized carbons (Fsp3) is 0.188. The lowest BCUT2D eigenvalue weighted by molar-refractivity contribution is 0.105. The first-order valence-corrected chi connectivity index (χ1v) is 7.50. The topological polar surface area (TPSA) is 38.8 Å². The molecule has 0 bridgehead atoms. The maximum Gasteiger partial charge on any atom is 0.414 e. The lowest BCUT2D eigenvalue weighted by Gasteiger charge is -2.14. The van der Waals surface area contributed by atoms with Crippen molar-refractivity contribution in [2.75, 3.05) is 18.1 Å². The summed E-state index contributed by atoms with van der Waals surface area (Å²) in [6.07, 6.45) is -0.766. The Hall–Kier alpha value is -1.91. The molecular formula is C16H13Cl2NO3. The van der Waals surface area contributed by atoms with Crippen molar-refractivity contribution >= 4 is 35.0 Å². The van der Waals surface area contributed by atoms with Crippen molar-refractivity contribution in [3.63, 3.8) is 0 Å². The summed E-state index contributed by atoms with van der Waals surface area (Å²) >= 11 is 11.9. The molecule has 114 valence electrons. The first-order chi connectivity index (χ1) is 10.6. The minimum atomic E-state index is -0.419. The Morgan fingerprint density at radius 1 is 1.14 bits per heavy atom. The van der Waals surface area contributed by atoms with E-state index >= 15 is 0 Å². The third-order valence-corrected chi connectivity index (χ3v) is 3.84. The van der Waals surface area contributed by atoms with E-state index in [1.807, 2.05) is 12.1 Å². The molecule has 0 aliphatic carbocycles. The molecule has 1 atom stereocenters. The van der Waals surface area contributed by atoms with Gasteiger partial charge in [-0.3, -0.25) is 4.90 Å². The van der Waals surface area contributed by atoms with E-state index in [0.717, 1.165) is 0 Å². The molecule has 0 spiro atoms. The highest BCUT2D eigenvalue weighted by Gasteiger charge is 2.33. The van der Waals surface area contributed by atoms with Crippen LogP contribution in [0.3, 0.4) is 0 Å². The highest BCUT2D eigenvalue weighted by Crippen LogP contribution is 2.29. The Kier molecular flexibility index (Phi) is 4.41. The smallest absolute Gasteiger partial charge is 0.414 e. The number of hydrogen-bond acceptors (Lipinski definition) is 3. The quantitative estimate of drug-likeness (QED) is 0.830. The molecule has 22 heavy (non-hydrogen) atoms. The molecule has 2 aromatic carbocycles. The van der Waals surface area contributed by atoms with Crippen LogP contribution in [0.25, 0.3) is 0 Å². The third-order valence-electron chi connectivity index (χ3n) is 3.27. The van der Waals surface area contributed by atoms with Crippen LogP contribution in [0.15, 0.2) is 48.5 Å². The van der Waals surface area contributed by atoms with Crippen LogP contribution >= 0.6 is 23.2 Å². The molecule has 1 unspecified atom stereocenters. The molecule has 1 aliphatic rings. The summed E-state index contributed by atoms with van der Waals surface area (Å²) in [4.78, 5) is 13.5. The number of amides is 1. The maximum absolute atomic E-state index is 12.0. The minimum absolute atomic E-state index is 0.272. The molecule has 1 amide bonds. The number of anilines is 1. The van der Waals surface area contributed by atoms with E-state index in [4.69, 9.17) is 32.7 Å². The number of halogens is 2. The van der Waals surface area contributed by atoms with Gasteiger partial charge in [0.2, 0.25) is 0 Å². The molecule has 0 N–H and O–H groups in total. The Bertz CT molecular complexity index is 675. The molecule has 0 radical (unpaired) electrons. The van der Waals surface area contributed by atoms with Crippen molar-refractivity contribution in [2.24, 2.45) is 0 Å². The van der Waals surface area contributed by atoms with Crippen molar-refractivity contribution in [3.8, 4) is 5.75 Å². The number of ether oxygens (including phenoxy) is 2. The van der Waals surface area contributed by atoms with E-state index in [1.165, 1.54) is 4.90 Å². The Labute approximate surface area is 138 Å². The second kappa shape index (κ2) is 6.46. The van der Waals surface area contributed by atoms with Gasteiger partial charge in [0.05, 0.1) is 17.3 Å². The van der Waals surface area contributed by atoms with E-state index in [2.05, 4.69) is 0 Å². The summed E-state index contributed by atoms with van der Waals surface area (Å²) in [6, 6.07) is 14.2. The summed E-state index contributed by atoms with van der Waals surface area (Å²) in [7, 11) is 0. The molecule has 2 aromatic rings. The number of nitrogens with zero attached hydrogens (tertiary/aromatic N) is 1. The summed E-state index contributed by atoms with van der Waals surface area (Å²) in [5, 5.41) is 1.16. The lowest BCUT2D eigenvalue weighted by Crippen LogP contribution is -2.26. The normalized spacial score (nSPS) is 17.5. The summed E-state index contributed by atoms with van der Waals surface area (Å²) in [6.45, 7) is 0.671. The maximum atomic E-state index is 12.0. The van der Waals surface area contributed by atoms with Crippen LogP contribution in [-0.2, 0) is 4.74 Å². The summed E-state index contributed by atoms with van der Waals surface area (Å²) in [5.41, 5.74) is 0.642. The van der Waals surface area contributed by atoms with Crippen LogP contribution < -0.4 is 9.64 Å². The van der Waals surface area contributed by atoms with Crippen molar-refractivity contribution in [2.45, 2.75) is 6.10 Å². The lowest BCUT2D eigenvalue weighted by atomic mass is 10.3. The number of hydrogen-bond donors (Lipinski definition) is 0. The molecule has 1 aliphatic heterocycles. The van der Waals surface area contributed by atoms with Crippen molar-refractivity contribution in [1.82, 2.24) is 0 Å². The van der Waals surface area contributed by atoms with Crippen molar-refractivity contribution in [1.29, 1.82) is 0 Å². The average molecular weight is 338 g/mol. The summed E-state index contributed by atoms with van der Waals surface area (Å²) < 4.78 is 10.9. The summed E-state index contributed by atoms with van der Waals surface area (Å²) in [5.74, 6) is 0.677. The molecule has 3 rings (SSSR count). The van der Waals surface area contributed by atoms with Gasteiger partial charge in [-0.2, -0.15) is 0 Å². The Morgan fingerprint density at radius 3 is 2.59 bits per heavy atom. The zero-order valence-corrected chi connectivity index (χ0v) is 13.1. The van der Waals surface area contributed by atoms with Gasteiger partial charge in [-0.1, -0.05) is 35.3 Å². The van der Waals surface area contributed by atoms with Gasteiger partial charge in [0.25, 0.3) is 0 Å². The first kappa shape index (κ1) is 15.0. The fourth-order valence-corrected chi connectivity index (χ4v) is 2.56. The van der Waals surface area contributed by atoms with Gasteiger partial charge in [0.1, 0.15) is 12.4 Å². The second-order valence-electron chi connectivity index (χ2n) is 4.83. The number of carbonyl (C=O) groups excluding carboxylic acids is 1. The standard InChI is InChI=1S/C16H13Cl2NO3/c17-11-5-7-12(8-6-11)21-10-13-9-19(16(20)22-13)15-4-2-1-3-14(15)18/h1-8,13H,9-10H2. The van der Waals surface area contributed by atoms with Gasteiger partial charge in [0.15, 0.2) is 6.10 Å². The highest BCUT2D eigenvalue weighted by molar-refractivity contribution is 6.33. The number of para-hydroxylation sites is 1. The van der Waals surface area contributed by atoms with Crippen LogP contribution in [0.5, 0.6) is 5.75 Å². The van der Waals surface area contributed by atoms with Crippen molar-refractivity contribution in [3.05, 3.63) is 58.6 Å².